The monoisotopic (exact) mass is 333 g/mol. The number of carbonyl (C=O) groups is 2. The van der Waals surface area contributed by atoms with Crippen LogP contribution >= 0.6 is 0 Å². The van der Waals surface area contributed by atoms with Gasteiger partial charge in [0.2, 0.25) is 0 Å². The summed E-state index contributed by atoms with van der Waals surface area (Å²) in [5, 5.41) is 10.8. The van der Waals surface area contributed by atoms with E-state index >= 15 is 0 Å². The van der Waals surface area contributed by atoms with Gasteiger partial charge in [-0.2, -0.15) is 8.78 Å². The summed E-state index contributed by atoms with van der Waals surface area (Å²) in [5.41, 5.74) is -2.31. The van der Waals surface area contributed by atoms with Gasteiger partial charge < -0.3 is 15.2 Å². The fourth-order valence-corrected chi connectivity index (χ4v) is 1.80. The SMILES string of the molecule is CC(NC(=O)OC(C)(C)C)c1cccc(C(F)(F)C(=O)O)c1F. The quantitative estimate of drug-likeness (QED) is 0.883. The Morgan fingerprint density at radius 1 is 1.26 bits per heavy atom. The van der Waals surface area contributed by atoms with Gasteiger partial charge in [0.1, 0.15) is 11.4 Å². The Bertz CT molecular complexity index is 611. The van der Waals surface area contributed by atoms with Gasteiger partial charge >= 0.3 is 18.0 Å². The van der Waals surface area contributed by atoms with Crippen LogP contribution < -0.4 is 5.32 Å². The molecule has 1 rings (SSSR count). The first kappa shape index (κ1) is 18.8. The van der Waals surface area contributed by atoms with Crippen molar-refractivity contribution < 1.29 is 32.6 Å². The van der Waals surface area contributed by atoms with E-state index in [0.717, 1.165) is 6.07 Å². The van der Waals surface area contributed by atoms with Crippen molar-refractivity contribution >= 4 is 12.1 Å². The minimum absolute atomic E-state index is 0.269. The highest BCUT2D eigenvalue weighted by Crippen LogP contribution is 2.33. The molecule has 2 N–H and O–H groups in total. The molecule has 0 aliphatic carbocycles. The molecule has 0 spiro atoms. The van der Waals surface area contributed by atoms with Crippen LogP contribution in [0.3, 0.4) is 0 Å². The number of carboxylic acid groups (broad SMARTS) is 1. The van der Waals surface area contributed by atoms with E-state index in [9.17, 15) is 22.8 Å². The number of carboxylic acids is 1. The molecule has 1 aromatic carbocycles. The summed E-state index contributed by atoms with van der Waals surface area (Å²) in [5.74, 6) is -8.21. The lowest BCUT2D eigenvalue weighted by Crippen LogP contribution is -2.34. The normalized spacial score (nSPS) is 13.3. The highest BCUT2D eigenvalue weighted by Gasteiger charge is 2.44. The molecule has 23 heavy (non-hydrogen) atoms. The third-order valence-electron chi connectivity index (χ3n) is 2.84. The molecule has 1 atom stereocenters. The smallest absolute Gasteiger partial charge is 0.408 e. The summed E-state index contributed by atoms with van der Waals surface area (Å²) in [6, 6.07) is 1.97. The Balaban J connectivity index is 3.06. The number of ether oxygens (including phenoxy) is 1. The Kier molecular flexibility index (Phi) is 5.29. The minimum Gasteiger partial charge on any atom is -0.477 e. The molecule has 0 heterocycles. The third-order valence-corrected chi connectivity index (χ3v) is 2.84. The number of halogens is 3. The number of hydrogen-bond acceptors (Lipinski definition) is 3. The number of carbonyl (C=O) groups excluding carboxylic acids is 1. The van der Waals surface area contributed by atoms with Gasteiger partial charge in [-0.3, -0.25) is 0 Å². The molecule has 0 saturated carbocycles. The Hall–Kier alpha value is -2.25. The van der Waals surface area contributed by atoms with Crippen LogP contribution in [-0.2, 0) is 15.5 Å². The molecule has 1 unspecified atom stereocenters. The van der Waals surface area contributed by atoms with E-state index in [1.165, 1.54) is 13.0 Å². The summed E-state index contributed by atoms with van der Waals surface area (Å²) in [6.45, 7) is 6.26. The molecule has 0 fully saturated rings. The molecule has 0 bridgehead atoms. The topological polar surface area (TPSA) is 75.6 Å². The predicted molar refractivity (Wildman–Crippen MR) is 75.7 cm³/mol. The largest absolute Gasteiger partial charge is 0.477 e. The lowest BCUT2D eigenvalue weighted by molar-refractivity contribution is -0.166. The van der Waals surface area contributed by atoms with Crippen LogP contribution in [-0.4, -0.2) is 22.8 Å². The lowest BCUT2D eigenvalue weighted by atomic mass is 10.00. The predicted octanol–water partition coefficient (Wildman–Crippen LogP) is 3.59. The number of amides is 1. The van der Waals surface area contributed by atoms with Crippen molar-refractivity contribution in [1.29, 1.82) is 0 Å². The van der Waals surface area contributed by atoms with Crippen molar-refractivity contribution in [1.82, 2.24) is 5.32 Å². The zero-order valence-corrected chi connectivity index (χ0v) is 13.1. The molecule has 0 aliphatic rings. The van der Waals surface area contributed by atoms with Crippen molar-refractivity contribution in [2.75, 3.05) is 0 Å². The molecule has 0 aromatic heterocycles. The Morgan fingerprint density at radius 3 is 2.30 bits per heavy atom. The number of rotatable bonds is 4. The Labute approximate surface area is 131 Å². The van der Waals surface area contributed by atoms with Crippen molar-refractivity contribution in [3.8, 4) is 0 Å². The van der Waals surface area contributed by atoms with Gasteiger partial charge in [-0.15, -0.1) is 0 Å². The van der Waals surface area contributed by atoms with Crippen LogP contribution in [0.4, 0.5) is 18.0 Å². The maximum Gasteiger partial charge on any atom is 0.408 e. The average Bonchev–Trinajstić information content (AvgIpc) is 2.35. The number of aliphatic carboxylic acids is 1. The van der Waals surface area contributed by atoms with Gasteiger partial charge in [0.05, 0.1) is 11.6 Å². The molecule has 1 amide bonds. The zero-order chi connectivity index (χ0) is 18.0. The average molecular weight is 333 g/mol. The summed E-state index contributed by atoms with van der Waals surface area (Å²) in [7, 11) is 0. The van der Waals surface area contributed by atoms with E-state index in [1.807, 2.05) is 0 Å². The van der Waals surface area contributed by atoms with E-state index < -0.39 is 41.0 Å². The van der Waals surface area contributed by atoms with E-state index in [-0.39, 0.29) is 5.56 Å². The van der Waals surface area contributed by atoms with Crippen LogP contribution in [0.2, 0.25) is 0 Å². The third kappa shape index (κ3) is 4.61. The van der Waals surface area contributed by atoms with Crippen LogP contribution in [0.15, 0.2) is 18.2 Å². The molecule has 1 aromatic rings. The van der Waals surface area contributed by atoms with Crippen LogP contribution in [0, 0.1) is 5.82 Å². The van der Waals surface area contributed by atoms with Gasteiger partial charge in [0.25, 0.3) is 0 Å². The van der Waals surface area contributed by atoms with E-state index in [0.29, 0.717) is 6.07 Å². The fourth-order valence-electron chi connectivity index (χ4n) is 1.80. The van der Waals surface area contributed by atoms with Crippen LogP contribution in [0.5, 0.6) is 0 Å². The lowest BCUT2D eigenvalue weighted by Gasteiger charge is -2.23. The molecule has 0 aliphatic heterocycles. The Morgan fingerprint density at radius 2 is 1.83 bits per heavy atom. The molecule has 5 nitrogen and oxygen atoms in total. The maximum atomic E-state index is 14.2. The van der Waals surface area contributed by atoms with E-state index in [2.05, 4.69) is 5.32 Å². The zero-order valence-electron chi connectivity index (χ0n) is 13.1. The second-order valence-electron chi connectivity index (χ2n) is 5.96. The number of nitrogens with one attached hydrogen (secondary N) is 1. The number of alkyl halides is 2. The number of benzene rings is 1. The summed E-state index contributed by atoms with van der Waals surface area (Å²) in [4.78, 5) is 22.2. The van der Waals surface area contributed by atoms with Crippen molar-refractivity contribution in [2.45, 2.75) is 45.3 Å². The molecular weight excluding hydrogens is 315 g/mol. The van der Waals surface area contributed by atoms with Crippen molar-refractivity contribution in [3.05, 3.63) is 35.1 Å². The summed E-state index contributed by atoms with van der Waals surface area (Å²) < 4.78 is 46.3. The van der Waals surface area contributed by atoms with Gasteiger partial charge in [-0.05, 0) is 33.8 Å². The standard InChI is InChI=1S/C15H18F3NO4/c1-8(19-13(22)23-14(2,3)4)9-6-5-7-10(11(9)16)15(17,18)12(20)21/h5-8H,1-4H3,(H,19,22)(H,20,21). The number of hydrogen-bond donors (Lipinski definition) is 2. The molecule has 0 saturated heterocycles. The van der Waals surface area contributed by atoms with E-state index in [1.54, 1.807) is 20.8 Å². The van der Waals surface area contributed by atoms with Gasteiger partial charge in [0, 0.05) is 5.56 Å². The molecule has 128 valence electrons. The summed E-state index contributed by atoms with van der Waals surface area (Å²) >= 11 is 0. The van der Waals surface area contributed by atoms with E-state index in [4.69, 9.17) is 9.84 Å². The van der Waals surface area contributed by atoms with Crippen LogP contribution in [0.1, 0.15) is 44.9 Å². The fraction of sp³-hybridized carbons (Fsp3) is 0.467. The molecule has 0 radical (unpaired) electrons. The first-order valence-electron chi connectivity index (χ1n) is 6.76. The minimum atomic E-state index is -4.37. The van der Waals surface area contributed by atoms with Gasteiger partial charge in [-0.25, -0.2) is 14.0 Å². The summed E-state index contributed by atoms with van der Waals surface area (Å²) in [6.07, 6.45) is -0.847. The molecule has 8 heteroatoms. The maximum absolute atomic E-state index is 14.2. The number of alkyl carbamates (subject to hydrolysis) is 1. The van der Waals surface area contributed by atoms with Crippen molar-refractivity contribution in [3.63, 3.8) is 0 Å². The highest BCUT2D eigenvalue weighted by atomic mass is 19.3. The van der Waals surface area contributed by atoms with Gasteiger partial charge in [0.15, 0.2) is 0 Å². The van der Waals surface area contributed by atoms with Gasteiger partial charge in [-0.1, -0.05) is 12.1 Å². The first-order chi connectivity index (χ1) is 10.4. The second-order valence-corrected chi connectivity index (χ2v) is 5.96. The highest BCUT2D eigenvalue weighted by molar-refractivity contribution is 5.77. The van der Waals surface area contributed by atoms with Crippen LogP contribution in [0.25, 0.3) is 0 Å². The molecular formula is C15H18F3NO4. The van der Waals surface area contributed by atoms with Crippen molar-refractivity contribution in [2.24, 2.45) is 0 Å². The second kappa shape index (κ2) is 6.47. The first-order valence-corrected chi connectivity index (χ1v) is 6.76.